The minimum atomic E-state index is -1.33. The maximum atomic E-state index is 13.1. The molecule has 0 bridgehead atoms. The van der Waals surface area contributed by atoms with Gasteiger partial charge < -0.3 is 19.2 Å². The number of halogens is 2. The van der Waals surface area contributed by atoms with Crippen molar-refractivity contribution < 1.29 is 23.8 Å². The minimum Gasteiger partial charge on any atom is -0.487 e. The standard InChI is InChI=1S/C28H23Cl2NO5/c1-28(2)35-26(32)25(27(33)36-28)24(19-14-31-22-10-6-4-8-18(19)22)16-11-12-23(21(30)13-16)34-15-17-7-3-5-9-20(17)29/h3-14,24-25,31H,15H2,1-2H3/t24-/m1/s1. The van der Waals surface area contributed by atoms with Crippen molar-refractivity contribution in [1.82, 2.24) is 4.98 Å². The molecule has 1 aliphatic heterocycles. The molecule has 2 heterocycles. The third-order valence-corrected chi connectivity index (χ3v) is 6.81. The second-order valence-electron chi connectivity index (χ2n) is 9.06. The van der Waals surface area contributed by atoms with Gasteiger partial charge in [0, 0.05) is 47.5 Å². The summed E-state index contributed by atoms with van der Waals surface area (Å²) >= 11 is 12.8. The highest BCUT2D eigenvalue weighted by atomic mass is 35.5. The molecule has 0 unspecified atom stereocenters. The van der Waals surface area contributed by atoms with E-state index in [-0.39, 0.29) is 6.61 Å². The summed E-state index contributed by atoms with van der Waals surface area (Å²) in [6.45, 7) is 3.30. The van der Waals surface area contributed by atoms with Crippen molar-refractivity contribution in [3.63, 3.8) is 0 Å². The lowest BCUT2D eigenvalue weighted by Gasteiger charge is -2.36. The van der Waals surface area contributed by atoms with Crippen LogP contribution in [0.1, 0.15) is 36.5 Å². The summed E-state index contributed by atoms with van der Waals surface area (Å²) < 4.78 is 16.8. The largest absolute Gasteiger partial charge is 0.487 e. The first-order chi connectivity index (χ1) is 17.2. The Labute approximate surface area is 218 Å². The van der Waals surface area contributed by atoms with Crippen molar-refractivity contribution in [3.8, 4) is 5.75 Å². The Morgan fingerprint density at radius 3 is 2.36 bits per heavy atom. The van der Waals surface area contributed by atoms with E-state index in [9.17, 15) is 9.59 Å². The van der Waals surface area contributed by atoms with E-state index in [2.05, 4.69) is 4.98 Å². The third kappa shape index (κ3) is 4.66. The van der Waals surface area contributed by atoms with Crippen LogP contribution in [0.25, 0.3) is 10.9 Å². The zero-order valence-corrected chi connectivity index (χ0v) is 21.1. The zero-order valence-electron chi connectivity index (χ0n) is 19.6. The number of aromatic nitrogens is 1. The van der Waals surface area contributed by atoms with Crippen molar-refractivity contribution in [2.24, 2.45) is 5.92 Å². The number of benzene rings is 3. The van der Waals surface area contributed by atoms with Gasteiger partial charge in [-0.05, 0) is 35.4 Å². The number of ether oxygens (including phenoxy) is 3. The number of cyclic esters (lactones) is 2. The molecular formula is C28H23Cl2NO5. The molecular weight excluding hydrogens is 501 g/mol. The van der Waals surface area contributed by atoms with Crippen LogP contribution in [0.15, 0.2) is 72.9 Å². The molecule has 184 valence electrons. The molecule has 1 saturated heterocycles. The smallest absolute Gasteiger partial charge is 0.324 e. The van der Waals surface area contributed by atoms with Crippen molar-refractivity contribution in [3.05, 3.63) is 99.7 Å². The summed E-state index contributed by atoms with van der Waals surface area (Å²) in [6, 6.07) is 20.3. The van der Waals surface area contributed by atoms with Crippen LogP contribution in [-0.4, -0.2) is 22.7 Å². The lowest BCUT2D eigenvalue weighted by molar-refractivity contribution is -0.240. The normalized spacial score (nSPS) is 16.4. The molecule has 0 spiro atoms. The van der Waals surface area contributed by atoms with Gasteiger partial charge in [0.15, 0.2) is 5.92 Å². The van der Waals surface area contributed by atoms with Crippen LogP contribution in [0.5, 0.6) is 5.75 Å². The number of hydrogen-bond donors (Lipinski definition) is 1. The van der Waals surface area contributed by atoms with E-state index in [1.165, 1.54) is 13.8 Å². The lowest BCUT2D eigenvalue weighted by atomic mass is 9.80. The number of hydrogen-bond acceptors (Lipinski definition) is 5. The van der Waals surface area contributed by atoms with Gasteiger partial charge in [-0.1, -0.05) is 65.7 Å². The summed E-state index contributed by atoms with van der Waals surface area (Å²) in [5.41, 5.74) is 3.10. The van der Waals surface area contributed by atoms with Gasteiger partial charge in [-0.25, -0.2) is 0 Å². The average Bonchev–Trinajstić information content (AvgIpc) is 3.25. The van der Waals surface area contributed by atoms with Crippen molar-refractivity contribution in [2.45, 2.75) is 32.2 Å². The number of nitrogens with one attached hydrogen (secondary N) is 1. The van der Waals surface area contributed by atoms with Crippen LogP contribution in [0, 0.1) is 5.92 Å². The molecule has 0 aliphatic carbocycles. The average molecular weight is 524 g/mol. The zero-order chi connectivity index (χ0) is 25.4. The Kier molecular flexibility index (Phi) is 6.41. The number of carbonyl (C=O) groups is 2. The number of esters is 2. The molecule has 3 aromatic carbocycles. The summed E-state index contributed by atoms with van der Waals surface area (Å²) in [7, 11) is 0. The van der Waals surface area contributed by atoms with E-state index in [0.29, 0.717) is 21.4 Å². The van der Waals surface area contributed by atoms with E-state index in [0.717, 1.165) is 22.0 Å². The molecule has 6 nitrogen and oxygen atoms in total. The first kappa shape index (κ1) is 24.2. The van der Waals surface area contributed by atoms with E-state index in [4.69, 9.17) is 37.4 Å². The molecule has 1 atom stereocenters. The maximum Gasteiger partial charge on any atom is 0.324 e. The van der Waals surface area contributed by atoms with Gasteiger partial charge in [-0.15, -0.1) is 0 Å². The summed E-state index contributed by atoms with van der Waals surface area (Å²) in [4.78, 5) is 29.4. The van der Waals surface area contributed by atoms with Crippen LogP contribution >= 0.6 is 23.2 Å². The van der Waals surface area contributed by atoms with Gasteiger partial charge >= 0.3 is 11.9 Å². The fraction of sp³-hybridized carbons (Fsp3) is 0.214. The molecule has 1 aliphatic rings. The molecule has 1 N–H and O–H groups in total. The molecule has 5 rings (SSSR count). The molecule has 36 heavy (non-hydrogen) atoms. The van der Waals surface area contributed by atoms with Gasteiger partial charge in [-0.2, -0.15) is 0 Å². The molecule has 4 aromatic rings. The quantitative estimate of drug-likeness (QED) is 0.226. The van der Waals surface area contributed by atoms with Crippen LogP contribution < -0.4 is 4.74 Å². The second kappa shape index (κ2) is 9.52. The predicted octanol–water partition coefficient (Wildman–Crippen LogP) is 6.64. The number of aromatic amines is 1. The monoisotopic (exact) mass is 523 g/mol. The highest BCUT2D eigenvalue weighted by Crippen LogP contribution is 2.42. The maximum absolute atomic E-state index is 13.1. The molecule has 0 radical (unpaired) electrons. The molecule has 0 saturated carbocycles. The summed E-state index contributed by atoms with van der Waals surface area (Å²) in [5.74, 6) is -4.09. The van der Waals surface area contributed by atoms with Crippen molar-refractivity contribution >= 4 is 46.0 Å². The summed E-state index contributed by atoms with van der Waals surface area (Å²) in [6.07, 6.45) is 1.80. The number of rotatable bonds is 6. The van der Waals surface area contributed by atoms with Gasteiger partial charge in [-0.3, -0.25) is 9.59 Å². The van der Waals surface area contributed by atoms with Crippen LogP contribution in [-0.2, 0) is 25.7 Å². The lowest BCUT2D eigenvalue weighted by Crippen LogP contribution is -2.48. The first-order valence-electron chi connectivity index (χ1n) is 11.4. The summed E-state index contributed by atoms with van der Waals surface area (Å²) in [5, 5.41) is 1.81. The highest BCUT2D eigenvalue weighted by Gasteiger charge is 2.48. The number of carbonyl (C=O) groups excluding carboxylic acids is 2. The SMILES string of the molecule is CC1(C)OC(=O)C([C@H](c2ccc(OCc3ccccc3Cl)c(Cl)c2)c2c[nH]c3ccccc23)C(=O)O1. The van der Waals surface area contributed by atoms with Crippen LogP contribution in [0.4, 0.5) is 0 Å². The Bertz CT molecular complexity index is 1440. The van der Waals surface area contributed by atoms with Gasteiger partial charge in [0.05, 0.1) is 5.02 Å². The second-order valence-corrected chi connectivity index (χ2v) is 9.87. The number of fused-ring (bicyclic) bond motifs is 1. The van der Waals surface area contributed by atoms with Crippen LogP contribution in [0.2, 0.25) is 10.0 Å². The Hall–Kier alpha value is -3.48. The fourth-order valence-electron chi connectivity index (χ4n) is 4.50. The molecule has 1 fully saturated rings. The number of para-hydroxylation sites is 1. The first-order valence-corrected chi connectivity index (χ1v) is 12.2. The van der Waals surface area contributed by atoms with E-state index >= 15 is 0 Å². The number of H-pyrrole nitrogens is 1. The fourth-order valence-corrected chi connectivity index (χ4v) is 4.94. The highest BCUT2D eigenvalue weighted by molar-refractivity contribution is 6.32. The van der Waals surface area contributed by atoms with Crippen molar-refractivity contribution in [1.29, 1.82) is 0 Å². The Morgan fingerprint density at radius 2 is 1.64 bits per heavy atom. The molecule has 0 amide bonds. The molecule has 8 heteroatoms. The van der Waals surface area contributed by atoms with E-state index in [1.807, 2.05) is 42.5 Å². The van der Waals surface area contributed by atoms with E-state index in [1.54, 1.807) is 30.5 Å². The van der Waals surface area contributed by atoms with Gasteiger partial charge in [0.1, 0.15) is 12.4 Å². The molecule has 1 aromatic heterocycles. The van der Waals surface area contributed by atoms with Crippen LogP contribution in [0.3, 0.4) is 0 Å². The minimum absolute atomic E-state index is 0.237. The Balaban J connectivity index is 1.53. The Morgan fingerprint density at radius 1 is 0.944 bits per heavy atom. The topological polar surface area (TPSA) is 77.6 Å². The van der Waals surface area contributed by atoms with Gasteiger partial charge in [0.2, 0.25) is 0 Å². The predicted molar refractivity (Wildman–Crippen MR) is 137 cm³/mol. The van der Waals surface area contributed by atoms with Crippen molar-refractivity contribution in [2.75, 3.05) is 0 Å². The third-order valence-electron chi connectivity index (χ3n) is 6.15. The van der Waals surface area contributed by atoms with E-state index < -0.39 is 29.6 Å². The van der Waals surface area contributed by atoms with Gasteiger partial charge in [0.25, 0.3) is 5.79 Å².